The van der Waals surface area contributed by atoms with Gasteiger partial charge in [-0.15, -0.1) is 0 Å². The maximum Gasteiger partial charge on any atom is 0.286 e. The number of hydrogen-bond acceptors (Lipinski definition) is 22. The Morgan fingerprint density at radius 3 is 1.02 bits per heavy atom. The zero-order valence-electron chi connectivity index (χ0n) is 70.2. The average molecular weight is 1720 g/mol. The van der Waals surface area contributed by atoms with Crippen LogP contribution < -0.4 is 45.6 Å². The third-order valence-electron chi connectivity index (χ3n) is 20.9. The Labute approximate surface area is 723 Å². The maximum absolute atomic E-state index is 13.6. The number of rotatable bonds is 20. The minimum atomic E-state index is -3.13. The molecule has 0 aliphatic carbocycles. The first-order valence-corrected chi connectivity index (χ1v) is 40.5. The van der Waals surface area contributed by atoms with Crippen LogP contribution in [-0.4, -0.2) is 181 Å². The van der Waals surface area contributed by atoms with Crippen molar-refractivity contribution in [2.24, 2.45) is 0 Å². The van der Waals surface area contributed by atoms with Gasteiger partial charge >= 0.3 is 0 Å². The molecular formula is C93H92F7N17O9. The van der Waals surface area contributed by atoms with E-state index >= 15 is 0 Å². The van der Waals surface area contributed by atoms with Gasteiger partial charge in [-0.2, -0.15) is 8.78 Å². The lowest BCUT2D eigenvalue weighted by Gasteiger charge is -2.28. The van der Waals surface area contributed by atoms with Crippen LogP contribution in [0.2, 0.25) is 0 Å². The summed E-state index contributed by atoms with van der Waals surface area (Å²) in [6, 6.07) is 40.3. The summed E-state index contributed by atoms with van der Waals surface area (Å²) in [6.45, 7) is 20.7. The SMILES string of the molecule is COc1cc(C(=O)Nc2cnc(C)c(-c3ccnc(N4CCOCC4)c3)c2)ccc1F.Cc1ncc(NC(=O)c2cccc(C(C)(F)F)c2)cc1-c1ccnc(N2CCOCC2)c1.Cc1ncc(NC(=O)c2cccc(C(F)F)c2)cc1-c1ccnc(N2CCOCC2)c1.Cc1ncc(NC(=O)c2ccnc(C(C)(F)F)c2)cc1-c1ccnc(N2CCOCC2)c1. The van der Waals surface area contributed by atoms with Crippen LogP contribution in [-0.2, 0) is 30.8 Å². The third-order valence-corrected chi connectivity index (χ3v) is 20.9. The van der Waals surface area contributed by atoms with Crippen molar-refractivity contribution in [3.63, 3.8) is 0 Å². The first-order chi connectivity index (χ1) is 60.7. The molecule has 4 saturated heterocycles. The predicted octanol–water partition coefficient (Wildman–Crippen LogP) is 16.9. The van der Waals surface area contributed by atoms with E-state index in [-0.39, 0.29) is 39.5 Å². The molecule has 3 aromatic carbocycles. The first kappa shape index (κ1) is 90.0. The summed E-state index contributed by atoms with van der Waals surface area (Å²) in [5, 5.41) is 11.1. The topological polar surface area (TPSA) is 292 Å². The molecule has 13 heterocycles. The third kappa shape index (κ3) is 23.8. The van der Waals surface area contributed by atoms with Crippen molar-refractivity contribution in [3.05, 3.63) is 275 Å². The molecule has 26 nitrogen and oxygen atoms in total. The Balaban J connectivity index is 0.000000144. The number of carbonyl (C=O) groups is 4. The monoisotopic (exact) mass is 1720 g/mol. The number of benzene rings is 3. The normalized spacial score (nSPS) is 14.1. The minimum Gasteiger partial charge on any atom is -0.494 e. The van der Waals surface area contributed by atoms with E-state index in [9.17, 15) is 49.9 Å². The van der Waals surface area contributed by atoms with Gasteiger partial charge in [0.15, 0.2) is 11.6 Å². The van der Waals surface area contributed by atoms with Crippen LogP contribution in [0.4, 0.5) is 76.8 Å². The van der Waals surface area contributed by atoms with Crippen LogP contribution in [0.1, 0.15) is 101 Å². The molecule has 4 fully saturated rings. The summed E-state index contributed by atoms with van der Waals surface area (Å²) < 4.78 is 120. The van der Waals surface area contributed by atoms with Gasteiger partial charge in [-0.1, -0.05) is 24.3 Å². The van der Waals surface area contributed by atoms with Crippen molar-refractivity contribution in [1.82, 2.24) is 44.9 Å². The molecule has 4 aliphatic heterocycles. The summed E-state index contributed by atoms with van der Waals surface area (Å²) in [5.41, 5.74) is 12.2. The van der Waals surface area contributed by atoms with Crippen LogP contribution in [0.5, 0.6) is 5.75 Å². The van der Waals surface area contributed by atoms with Gasteiger partial charge in [0, 0.05) is 176 Å². The molecule has 0 saturated carbocycles. The molecule has 4 amide bonds. The molecule has 652 valence electrons. The minimum absolute atomic E-state index is 0.0165. The van der Waals surface area contributed by atoms with E-state index in [1.54, 1.807) is 43.4 Å². The van der Waals surface area contributed by atoms with Crippen molar-refractivity contribution in [1.29, 1.82) is 0 Å². The van der Waals surface area contributed by atoms with Crippen molar-refractivity contribution >= 4 is 69.6 Å². The number of nitrogens with one attached hydrogen (secondary N) is 4. The molecule has 9 aromatic heterocycles. The van der Waals surface area contributed by atoms with Crippen LogP contribution in [0.15, 0.2) is 207 Å². The summed E-state index contributed by atoms with van der Waals surface area (Å²) in [4.78, 5) is 98.4. The molecule has 4 N–H and O–H groups in total. The number of methoxy groups -OCH3 is 1. The van der Waals surface area contributed by atoms with Gasteiger partial charge in [-0.25, -0.2) is 41.9 Å². The molecule has 16 rings (SSSR count). The van der Waals surface area contributed by atoms with E-state index in [0.29, 0.717) is 81.2 Å². The first-order valence-electron chi connectivity index (χ1n) is 40.5. The number of halogens is 7. The predicted molar refractivity (Wildman–Crippen MR) is 467 cm³/mol. The quantitative estimate of drug-likeness (QED) is 0.0516. The number of alkyl halides is 6. The Bertz CT molecular complexity index is 5670. The number of carbonyl (C=O) groups excluding carboxylic acids is 4. The number of morpholine rings is 4. The van der Waals surface area contributed by atoms with E-state index < -0.39 is 47.5 Å². The zero-order valence-corrected chi connectivity index (χ0v) is 70.2. The van der Waals surface area contributed by atoms with Gasteiger partial charge in [-0.3, -0.25) is 44.1 Å². The highest BCUT2D eigenvalue weighted by Gasteiger charge is 2.29. The summed E-state index contributed by atoms with van der Waals surface area (Å²) in [6.07, 6.45) is 11.8. The highest BCUT2D eigenvalue weighted by Crippen LogP contribution is 2.36. The second-order valence-electron chi connectivity index (χ2n) is 29.8. The van der Waals surface area contributed by atoms with Crippen molar-refractivity contribution in [2.75, 3.05) is 153 Å². The molecule has 0 atom stereocenters. The van der Waals surface area contributed by atoms with Crippen molar-refractivity contribution in [3.8, 4) is 50.3 Å². The number of anilines is 8. The maximum atomic E-state index is 13.6. The number of ether oxygens (including phenoxy) is 5. The lowest BCUT2D eigenvalue weighted by atomic mass is 10.0. The number of amides is 4. The van der Waals surface area contributed by atoms with E-state index in [1.807, 2.05) is 100 Å². The summed E-state index contributed by atoms with van der Waals surface area (Å²) >= 11 is 0. The standard InChI is InChI=1S/C24H24F2N4O2.C23H23F2N5O2.C23H22F2N4O2.C23H23FN4O3/c1-16-21(17-6-7-27-22(13-17)30-8-10-32-11-9-30)14-20(15-28-16)29-23(31)18-4-3-5-19(12-18)24(2,25)26;1-15-19(16-3-6-27-21(12-16)30-7-9-32-10-8-30)13-18(14-28-15)29-22(31)17-4-5-26-20(11-17)23(2,24)25;1-15-20(16-5-6-26-21(12-16)29-7-9-31-10-8-29)13-19(14-27-15)28-23(30)18-4-2-3-17(11-18)22(24)25;1-15-19(16-5-6-25-22(12-16)28-7-9-31-10-8-28)13-18(14-26-15)27-23(29)17-3-4-20(24)21(11-17)30-2/h3-7,12-15H,8-11H2,1-2H3,(H,29,31);3-6,11-14H,7-10H2,1-2H3,(H,29,31);2-6,11-14,22H,7-10H2,1H3,(H,28,30);3-6,11-14H,7-10H2,1-2H3,(H,27,29). The fourth-order valence-electron chi connectivity index (χ4n) is 14.0. The number of aromatic nitrogens is 9. The molecule has 33 heteroatoms. The smallest absolute Gasteiger partial charge is 0.286 e. The molecule has 0 unspecified atom stereocenters. The number of hydrogen-bond donors (Lipinski definition) is 4. The number of nitrogens with zero attached hydrogens (tertiary/aromatic N) is 13. The van der Waals surface area contributed by atoms with Crippen molar-refractivity contribution in [2.45, 2.75) is 59.8 Å². The van der Waals surface area contributed by atoms with Gasteiger partial charge in [0.05, 0.1) is 108 Å². The van der Waals surface area contributed by atoms with E-state index in [2.05, 4.69) is 85.7 Å². The Morgan fingerprint density at radius 1 is 0.373 bits per heavy atom. The molecule has 12 aromatic rings. The highest BCUT2D eigenvalue weighted by molar-refractivity contribution is 6.07. The lowest BCUT2D eigenvalue weighted by Crippen LogP contribution is -2.36. The largest absolute Gasteiger partial charge is 0.494 e. The second kappa shape index (κ2) is 41.6. The Hall–Kier alpha value is -13.8. The highest BCUT2D eigenvalue weighted by atomic mass is 19.3. The Kier molecular flexibility index (Phi) is 29.7. The fourth-order valence-corrected chi connectivity index (χ4v) is 14.0. The van der Waals surface area contributed by atoms with E-state index in [1.165, 1.54) is 92.3 Å². The lowest BCUT2D eigenvalue weighted by molar-refractivity contribution is 0.0126. The van der Waals surface area contributed by atoms with Gasteiger partial charge in [-0.05, 0) is 177 Å². The van der Waals surface area contributed by atoms with E-state index in [4.69, 9.17) is 23.7 Å². The molecule has 0 bridgehead atoms. The van der Waals surface area contributed by atoms with Gasteiger partial charge in [0.1, 0.15) is 29.0 Å². The summed E-state index contributed by atoms with van der Waals surface area (Å²) in [5.74, 6) is -5.04. The second-order valence-corrected chi connectivity index (χ2v) is 29.8. The number of aryl methyl sites for hydroxylation is 4. The molecule has 0 radical (unpaired) electrons. The van der Waals surface area contributed by atoms with E-state index in [0.717, 1.165) is 163 Å². The van der Waals surface area contributed by atoms with Crippen LogP contribution in [0.3, 0.4) is 0 Å². The Morgan fingerprint density at radius 2 is 0.690 bits per heavy atom. The summed E-state index contributed by atoms with van der Waals surface area (Å²) in [7, 11) is 1.36. The zero-order chi connectivity index (χ0) is 89.0. The van der Waals surface area contributed by atoms with Gasteiger partial charge < -0.3 is 64.6 Å². The van der Waals surface area contributed by atoms with Gasteiger partial charge in [0.2, 0.25) is 0 Å². The molecule has 0 spiro atoms. The van der Waals surface area contributed by atoms with Crippen molar-refractivity contribution < 1.29 is 73.6 Å². The molecular weight excluding hydrogens is 1630 g/mol. The van der Waals surface area contributed by atoms with Gasteiger partial charge in [0.25, 0.3) is 41.9 Å². The van der Waals surface area contributed by atoms with Crippen LogP contribution >= 0.6 is 0 Å². The molecule has 126 heavy (non-hydrogen) atoms. The van der Waals surface area contributed by atoms with Crippen LogP contribution in [0.25, 0.3) is 44.5 Å². The number of pyridine rings is 9. The fraction of sp³-hybridized carbons (Fsp3) is 0.280. The van der Waals surface area contributed by atoms with Crippen LogP contribution in [0, 0.1) is 33.5 Å². The molecule has 4 aliphatic rings. The average Bonchev–Trinajstić information content (AvgIpc) is 0.817.